The Morgan fingerprint density at radius 3 is 2.54 bits per heavy atom. The maximum Gasteiger partial charge on any atom is 0.255 e. The Bertz CT molecular complexity index is 1570. The third-order valence-corrected chi connectivity index (χ3v) is 7.70. The van der Waals surface area contributed by atoms with E-state index in [1.54, 1.807) is 25.4 Å². The van der Waals surface area contributed by atoms with Gasteiger partial charge in [0.1, 0.15) is 17.4 Å². The number of furan rings is 1. The molecule has 0 unspecified atom stereocenters. The van der Waals surface area contributed by atoms with Crippen molar-refractivity contribution >= 4 is 32.8 Å². The van der Waals surface area contributed by atoms with Gasteiger partial charge in [0.2, 0.25) is 21.6 Å². The van der Waals surface area contributed by atoms with Crippen molar-refractivity contribution in [1.82, 2.24) is 15.3 Å². The molecule has 4 aromatic rings. The molecule has 206 valence electrons. The Hall–Kier alpha value is -3.99. The summed E-state index contributed by atoms with van der Waals surface area (Å²) < 4.78 is 53.1. The molecule has 4 rings (SSSR count). The van der Waals surface area contributed by atoms with E-state index in [-0.39, 0.29) is 34.5 Å². The number of aryl methyl sites for hydroxylation is 1. The molecule has 0 aliphatic rings. The lowest BCUT2D eigenvalue weighted by atomic mass is 10.0. The van der Waals surface area contributed by atoms with E-state index in [2.05, 4.69) is 20.0 Å². The van der Waals surface area contributed by atoms with E-state index < -0.39 is 21.7 Å². The number of ether oxygens (including phenoxy) is 1. The van der Waals surface area contributed by atoms with Gasteiger partial charge < -0.3 is 14.5 Å². The smallest absolute Gasteiger partial charge is 0.255 e. The van der Waals surface area contributed by atoms with Crippen molar-refractivity contribution in [1.29, 1.82) is 0 Å². The third kappa shape index (κ3) is 6.54. The number of aromatic nitrogens is 2. The molecule has 39 heavy (non-hydrogen) atoms. The van der Waals surface area contributed by atoms with Crippen LogP contribution in [0.3, 0.4) is 0 Å². The van der Waals surface area contributed by atoms with Gasteiger partial charge in [-0.05, 0) is 66.6 Å². The van der Waals surface area contributed by atoms with Crippen LogP contribution in [0.5, 0.6) is 5.88 Å². The van der Waals surface area contributed by atoms with E-state index in [1.165, 1.54) is 31.3 Å². The van der Waals surface area contributed by atoms with Gasteiger partial charge in [-0.15, -0.1) is 0 Å². The quantitative estimate of drug-likeness (QED) is 0.268. The summed E-state index contributed by atoms with van der Waals surface area (Å²) in [5.74, 6) is 0.0825. The van der Waals surface area contributed by atoms with E-state index in [0.29, 0.717) is 41.7 Å². The van der Waals surface area contributed by atoms with Gasteiger partial charge in [-0.3, -0.25) is 9.52 Å². The Labute approximate surface area is 226 Å². The number of nitrogens with zero attached hydrogens (tertiary/aromatic N) is 2. The van der Waals surface area contributed by atoms with Crippen molar-refractivity contribution in [3.05, 3.63) is 71.2 Å². The molecule has 2 N–H and O–H groups in total. The first-order chi connectivity index (χ1) is 18.6. The number of benzene rings is 1. The molecular formula is C28H31FN4O5S. The van der Waals surface area contributed by atoms with Crippen LogP contribution in [-0.4, -0.2) is 44.2 Å². The number of anilines is 1. The number of halogens is 1. The molecule has 1 amide bonds. The van der Waals surface area contributed by atoms with Gasteiger partial charge in [-0.2, -0.15) is 4.98 Å². The second kappa shape index (κ2) is 11.8. The number of sulfonamides is 1. The van der Waals surface area contributed by atoms with Gasteiger partial charge in [0.05, 0.1) is 23.8 Å². The summed E-state index contributed by atoms with van der Waals surface area (Å²) in [7, 11) is -0.676. The van der Waals surface area contributed by atoms with Crippen LogP contribution < -0.4 is 14.8 Å². The van der Waals surface area contributed by atoms with E-state index in [1.807, 2.05) is 19.9 Å². The first kappa shape index (κ1) is 28.0. The summed E-state index contributed by atoms with van der Waals surface area (Å²) in [5, 5.41) is 3.04. The molecule has 0 saturated heterocycles. The topological polar surface area (TPSA) is 123 Å². The van der Waals surface area contributed by atoms with E-state index in [4.69, 9.17) is 9.15 Å². The zero-order valence-corrected chi connectivity index (χ0v) is 23.1. The predicted molar refractivity (Wildman–Crippen MR) is 148 cm³/mol. The van der Waals surface area contributed by atoms with Crippen molar-refractivity contribution in [3.63, 3.8) is 0 Å². The van der Waals surface area contributed by atoms with Crippen molar-refractivity contribution in [2.75, 3.05) is 24.6 Å². The highest BCUT2D eigenvalue weighted by Crippen LogP contribution is 2.35. The maximum atomic E-state index is 13.5. The number of amides is 1. The van der Waals surface area contributed by atoms with E-state index in [9.17, 15) is 17.6 Å². The van der Waals surface area contributed by atoms with Crippen molar-refractivity contribution < 1.29 is 26.8 Å². The molecule has 0 aliphatic carbocycles. The number of rotatable bonds is 11. The largest absolute Gasteiger partial charge is 0.481 e. The minimum Gasteiger partial charge on any atom is -0.481 e. The second-order valence-electron chi connectivity index (χ2n) is 9.32. The van der Waals surface area contributed by atoms with Gasteiger partial charge in [0.15, 0.2) is 0 Å². The summed E-state index contributed by atoms with van der Waals surface area (Å²) in [5.41, 5.74) is 2.45. The number of nitrogens with one attached hydrogen (secondary N) is 2. The molecule has 0 aliphatic heterocycles. The minimum absolute atomic E-state index is 0.0938. The van der Waals surface area contributed by atoms with Crippen LogP contribution in [0.4, 0.5) is 10.2 Å². The van der Waals surface area contributed by atoms with Crippen molar-refractivity contribution in [2.24, 2.45) is 5.92 Å². The molecule has 0 bridgehead atoms. The van der Waals surface area contributed by atoms with Crippen LogP contribution in [0.2, 0.25) is 0 Å². The van der Waals surface area contributed by atoms with Crippen LogP contribution in [0, 0.1) is 11.7 Å². The van der Waals surface area contributed by atoms with Crippen LogP contribution in [0.25, 0.3) is 22.4 Å². The van der Waals surface area contributed by atoms with Crippen molar-refractivity contribution in [3.8, 4) is 17.2 Å². The van der Waals surface area contributed by atoms with Crippen LogP contribution in [-0.2, 0) is 22.9 Å². The molecule has 0 fully saturated rings. The summed E-state index contributed by atoms with van der Waals surface area (Å²) >= 11 is 0. The Morgan fingerprint density at radius 2 is 1.92 bits per heavy atom. The lowest BCUT2D eigenvalue weighted by molar-refractivity contribution is 0.0964. The molecule has 0 radical (unpaired) electrons. The van der Waals surface area contributed by atoms with Crippen molar-refractivity contribution in [2.45, 2.75) is 33.1 Å². The average molecular weight is 555 g/mol. The normalized spacial score (nSPS) is 12.3. The first-order valence-electron chi connectivity index (χ1n) is 12.6. The number of carbonyl (C=O) groups is 1. The summed E-state index contributed by atoms with van der Waals surface area (Å²) in [6.07, 6.45) is 3.30. The highest BCUT2D eigenvalue weighted by molar-refractivity contribution is 7.92. The molecule has 3 heterocycles. The zero-order chi connectivity index (χ0) is 28.2. The SMILES string of the molecule is CCc1cc2c(C(=O)NC)c(-c3ccc(F)cc3)oc2nc1NS(=O)(=O)CC[C@@H](C)Cc1ccc(OC)nc1. The second-order valence-corrected chi connectivity index (χ2v) is 11.2. The lowest BCUT2D eigenvalue weighted by Gasteiger charge is -2.14. The maximum absolute atomic E-state index is 13.5. The number of methoxy groups -OCH3 is 1. The van der Waals surface area contributed by atoms with Gasteiger partial charge in [0.25, 0.3) is 5.91 Å². The van der Waals surface area contributed by atoms with Gasteiger partial charge in [-0.1, -0.05) is 19.9 Å². The number of hydrogen-bond acceptors (Lipinski definition) is 7. The Morgan fingerprint density at radius 1 is 1.18 bits per heavy atom. The fourth-order valence-electron chi connectivity index (χ4n) is 4.29. The van der Waals surface area contributed by atoms with E-state index in [0.717, 1.165) is 5.56 Å². The van der Waals surface area contributed by atoms with Gasteiger partial charge >= 0.3 is 0 Å². The molecule has 3 aromatic heterocycles. The Kier molecular flexibility index (Phi) is 8.49. The summed E-state index contributed by atoms with van der Waals surface area (Å²) in [4.78, 5) is 21.4. The molecule has 0 spiro atoms. The summed E-state index contributed by atoms with van der Waals surface area (Å²) in [6, 6.07) is 11.0. The zero-order valence-electron chi connectivity index (χ0n) is 22.2. The van der Waals surface area contributed by atoms with Crippen LogP contribution in [0.15, 0.2) is 53.1 Å². The molecule has 1 atom stereocenters. The fourth-order valence-corrected chi connectivity index (χ4v) is 5.58. The molecule has 11 heteroatoms. The number of pyridine rings is 2. The number of carbonyl (C=O) groups excluding carboxylic acids is 1. The molecule has 0 saturated carbocycles. The third-order valence-electron chi connectivity index (χ3n) is 6.43. The first-order valence-corrected chi connectivity index (χ1v) is 14.2. The Balaban J connectivity index is 1.57. The average Bonchev–Trinajstić information content (AvgIpc) is 3.30. The minimum atomic E-state index is -3.73. The highest BCUT2D eigenvalue weighted by Gasteiger charge is 2.25. The standard InChI is InChI=1S/C28H31FN4O5S/c1-5-19-15-22-24(27(34)30-3)25(20-7-9-21(29)10-8-20)38-28(22)32-26(19)33-39(35,36)13-12-17(2)14-18-6-11-23(37-4)31-16-18/h6-11,15-17H,5,12-14H2,1-4H3,(H,30,34)(H,32,33)/t17-/m1/s1. The van der Waals surface area contributed by atoms with Gasteiger partial charge in [0, 0.05) is 24.9 Å². The molecule has 1 aromatic carbocycles. The lowest BCUT2D eigenvalue weighted by Crippen LogP contribution is -2.21. The predicted octanol–water partition coefficient (Wildman–Crippen LogP) is 4.97. The number of fused-ring (bicyclic) bond motifs is 1. The monoisotopic (exact) mass is 554 g/mol. The van der Waals surface area contributed by atoms with E-state index >= 15 is 0 Å². The van der Waals surface area contributed by atoms with Gasteiger partial charge in [-0.25, -0.2) is 17.8 Å². The molecule has 9 nitrogen and oxygen atoms in total. The highest BCUT2D eigenvalue weighted by atomic mass is 32.2. The molecular weight excluding hydrogens is 523 g/mol. The summed E-state index contributed by atoms with van der Waals surface area (Å²) in [6.45, 7) is 3.85. The number of hydrogen-bond donors (Lipinski definition) is 2. The van der Waals surface area contributed by atoms with Crippen LogP contribution in [0.1, 0.15) is 41.8 Å². The fraction of sp³-hybridized carbons (Fsp3) is 0.321. The van der Waals surface area contributed by atoms with Crippen LogP contribution >= 0.6 is 0 Å².